The first-order valence-electron chi connectivity index (χ1n) is 24.5. The molecule has 2 saturated carbocycles. The molecule has 4 fully saturated rings. The predicted octanol–water partition coefficient (Wildman–Crippen LogP) is 8.00. The van der Waals surface area contributed by atoms with Gasteiger partial charge in [0, 0.05) is 63.5 Å². The van der Waals surface area contributed by atoms with Gasteiger partial charge in [0.05, 0.1) is 86.1 Å². The van der Waals surface area contributed by atoms with Crippen molar-refractivity contribution in [2.24, 2.45) is 0 Å². The van der Waals surface area contributed by atoms with Crippen LogP contribution in [-0.2, 0) is 9.47 Å². The molecule has 0 radical (unpaired) electrons. The summed E-state index contributed by atoms with van der Waals surface area (Å²) < 4.78 is 27.7. The van der Waals surface area contributed by atoms with Crippen molar-refractivity contribution in [2.45, 2.75) is 116 Å². The second-order valence-electron chi connectivity index (χ2n) is 17.9. The summed E-state index contributed by atoms with van der Waals surface area (Å²) in [6, 6.07) is 16.9. The Morgan fingerprint density at radius 1 is 0.732 bits per heavy atom. The molecule has 0 spiro atoms. The van der Waals surface area contributed by atoms with Crippen LogP contribution in [0.2, 0.25) is 0 Å². The lowest BCUT2D eigenvalue weighted by atomic mass is 9.93. The van der Waals surface area contributed by atoms with E-state index >= 15 is 0 Å². The molecule has 4 aliphatic rings. The number of nitriles is 3. The lowest BCUT2D eigenvalue weighted by molar-refractivity contribution is 0.0531. The third kappa shape index (κ3) is 13.8. The van der Waals surface area contributed by atoms with Gasteiger partial charge in [-0.05, 0) is 97.3 Å². The van der Waals surface area contributed by atoms with Crippen molar-refractivity contribution in [3.8, 4) is 29.7 Å². The summed E-state index contributed by atoms with van der Waals surface area (Å²) in [5, 5.41) is 50.6. The molecule has 10 rings (SSSR count). The fraction of sp³-hybridized carbons (Fsp3) is 0.481. The average Bonchev–Trinajstić information content (AvgIpc) is 4.01. The van der Waals surface area contributed by atoms with Crippen LogP contribution in [-0.4, -0.2) is 116 Å². The van der Waals surface area contributed by atoms with E-state index in [1.165, 1.54) is 6.92 Å². The SMILES string of the molecule is C=CC.CC#N.Cc1ccc(NC2CCC(Oc3cc(N4CCOCC4)cn4ncc(C#N)c34)CC2)nn1.Cc1nccc(NC2CCC(Oc3cc(N4CCO[C@H](C)C4)cn4ncc(C#N)c34)CC2)n1. The van der Waals surface area contributed by atoms with Gasteiger partial charge < -0.3 is 39.4 Å². The molecule has 2 saturated heterocycles. The highest BCUT2D eigenvalue weighted by Gasteiger charge is 2.28. The monoisotopic (exact) mass is 964 g/mol. The number of morpholine rings is 2. The van der Waals surface area contributed by atoms with Crippen molar-refractivity contribution < 1.29 is 18.9 Å². The fourth-order valence-corrected chi connectivity index (χ4v) is 9.15. The summed E-state index contributed by atoms with van der Waals surface area (Å²) >= 11 is 0. The number of allylic oxidation sites excluding steroid dienone is 1. The Kier molecular flexibility index (Phi) is 18.3. The number of hydrogen-bond acceptors (Lipinski definition) is 17. The van der Waals surface area contributed by atoms with Gasteiger partial charge in [0.15, 0.2) is 0 Å². The van der Waals surface area contributed by atoms with E-state index in [9.17, 15) is 10.5 Å². The van der Waals surface area contributed by atoms with Crippen LogP contribution < -0.4 is 29.9 Å². The predicted molar refractivity (Wildman–Crippen MR) is 272 cm³/mol. The summed E-state index contributed by atoms with van der Waals surface area (Å²) in [7, 11) is 0. The number of fused-ring (bicyclic) bond motifs is 2. The van der Waals surface area contributed by atoms with E-state index in [4.69, 9.17) is 24.2 Å². The quantitative estimate of drug-likeness (QED) is 0.124. The average molecular weight is 964 g/mol. The number of pyridine rings is 2. The van der Waals surface area contributed by atoms with Crippen LogP contribution in [0, 0.1) is 47.8 Å². The number of anilines is 4. The number of nitrogens with zero attached hydrogens (tertiary/aromatic N) is 13. The molecule has 6 aromatic heterocycles. The maximum Gasteiger partial charge on any atom is 0.148 e. The minimum atomic E-state index is 0.0966. The molecule has 8 heterocycles. The first-order chi connectivity index (χ1) is 34.6. The Hall–Kier alpha value is -7.53. The number of aryl methyl sites for hydroxylation is 2. The summed E-state index contributed by atoms with van der Waals surface area (Å²) in [4.78, 5) is 13.2. The summed E-state index contributed by atoms with van der Waals surface area (Å²) in [6.07, 6.45) is 18.8. The zero-order valence-electron chi connectivity index (χ0n) is 41.5. The second-order valence-corrected chi connectivity index (χ2v) is 17.9. The first-order valence-corrected chi connectivity index (χ1v) is 24.5. The van der Waals surface area contributed by atoms with Crippen molar-refractivity contribution in [3.63, 3.8) is 0 Å². The summed E-state index contributed by atoms with van der Waals surface area (Å²) in [5.41, 5.74) is 5.52. The van der Waals surface area contributed by atoms with Gasteiger partial charge >= 0.3 is 0 Å². The van der Waals surface area contributed by atoms with Crippen molar-refractivity contribution in [2.75, 3.05) is 66.4 Å². The molecule has 19 nitrogen and oxygen atoms in total. The Labute approximate surface area is 416 Å². The number of rotatable bonds is 10. The number of hydrogen-bond donors (Lipinski definition) is 2. The van der Waals surface area contributed by atoms with E-state index in [-0.39, 0.29) is 18.3 Å². The molecule has 1 atom stereocenters. The van der Waals surface area contributed by atoms with Crippen LogP contribution in [0.15, 0.2) is 74.0 Å². The molecule has 2 aliphatic heterocycles. The lowest BCUT2D eigenvalue weighted by Crippen LogP contribution is -2.41. The van der Waals surface area contributed by atoms with Crippen molar-refractivity contribution >= 4 is 34.0 Å². The van der Waals surface area contributed by atoms with Gasteiger partial charge in [-0.15, -0.1) is 11.7 Å². The van der Waals surface area contributed by atoms with E-state index in [1.807, 2.05) is 51.4 Å². The molecule has 0 amide bonds. The van der Waals surface area contributed by atoms with Gasteiger partial charge in [-0.2, -0.15) is 31.1 Å². The molecule has 0 unspecified atom stereocenters. The van der Waals surface area contributed by atoms with Crippen LogP contribution >= 0.6 is 0 Å². The van der Waals surface area contributed by atoms with Gasteiger partial charge in [-0.3, -0.25) is 0 Å². The number of ether oxygens (including phenoxy) is 4. The topological polar surface area (TPSA) is 225 Å². The minimum Gasteiger partial charge on any atom is -0.488 e. The van der Waals surface area contributed by atoms with E-state index in [0.29, 0.717) is 43.0 Å². The molecule has 372 valence electrons. The zero-order valence-corrected chi connectivity index (χ0v) is 41.5. The van der Waals surface area contributed by atoms with Gasteiger partial charge in [0.2, 0.25) is 0 Å². The number of nitrogens with one attached hydrogen (secondary N) is 2. The Morgan fingerprint density at radius 2 is 1.25 bits per heavy atom. The van der Waals surface area contributed by atoms with E-state index < -0.39 is 0 Å². The normalized spacial score (nSPS) is 20.7. The molecule has 0 aromatic carbocycles. The van der Waals surface area contributed by atoms with Crippen molar-refractivity contribution in [1.29, 1.82) is 15.8 Å². The maximum absolute atomic E-state index is 9.60. The van der Waals surface area contributed by atoms with Crippen LogP contribution in [0.4, 0.5) is 23.0 Å². The zero-order chi connectivity index (χ0) is 50.1. The minimum absolute atomic E-state index is 0.0966. The standard InChI is InChI=1S/C24H29N7O2.C23H27N7O2.C3H6.C2H3N/c1-16-14-30(9-10-32-16)20-11-22(24-18(12-25)13-27-31(24)15-20)33-21-5-3-19(4-6-21)29-23-7-8-26-17(2)28-23;1-16-2-7-22(28-27-16)26-18-3-5-20(6-4-18)32-21-12-19(29-8-10-31-11-9-29)15-30-23(21)17(13-24)14-25-30;1-3-2;1-2-3/h7-8,11,13,15-16,19,21H,3-6,9-10,14H2,1-2H3,(H,26,28,29);2,7,12,14-15,18,20H,3-6,8-11H2,1H3,(H,26,28);3H,1H2,2H3;1H3/t16-,19?,21?;;;/m1.../s1. The molecule has 0 bridgehead atoms. The highest BCUT2D eigenvalue weighted by molar-refractivity contribution is 5.73. The van der Waals surface area contributed by atoms with Crippen LogP contribution in [0.5, 0.6) is 11.5 Å². The molecule has 19 heteroatoms. The second kappa shape index (κ2) is 25.4. The van der Waals surface area contributed by atoms with E-state index in [2.05, 4.69) is 88.6 Å². The largest absolute Gasteiger partial charge is 0.488 e. The van der Waals surface area contributed by atoms with Crippen molar-refractivity contribution in [3.05, 3.63) is 96.6 Å². The highest BCUT2D eigenvalue weighted by atomic mass is 16.5. The highest BCUT2D eigenvalue weighted by Crippen LogP contribution is 2.35. The molecule has 2 aliphatic carbocycles. The first kappa shape index (κ1) is 51.3. The van der Waals surface area contributed by atoms with Gasteiger partial charge in [0.1, 0.15) is 63.3 Å². The molecule has 6 aromatic rings. The number of aromatic nitrogens is 8. The van der Waals surface area contributed by atoms with Gasteiger partial charge in [-0.25, -0.2) is 19.0 Å². The van der Waals surface area contributed by atoms with Crippen LogP contribution in [0.25, 0.3) is 11.0 Å². The summed E-state index contributed by atoms with van der Waals surface area (Å²) in [5.74, 6) is 3.91. The molecule has 71 heavy (non-hydrogen) atoms. The smallest absolute Gasteiger partial charge is 0.148 e. The third-order valence-electron chi connectivity index (χ3n) is 12.6. The molecular formula is C52H65N15O4. The molecular weight excluding hydrogens is 899 g/mol. The third-order valence-corrected chi connectivity index (χ3v) is 12.6. The summed E-state index contributed by atoms with van der Waals surface area (Å²) in [6.45, 7) is 18.0. The van der Waals surface area contributed by atoms with Gasteiger partial charge in [0.25, 0.3) is 0 Å². The van der Waals surface area contributed by atoms with E-state index in [1.54, 1.807) is 39.8 Å². The maximum atomic E-state index is 9.60. The van der Waals surface area contributed by atoms with Crippen molar-refractivity contribution in [1.82, 2.24) is 39.4 Å². The fourth-order valence-electron chi connectivity index (χ4n) is 9.15. The van der Waals surface area contributed by atoms with E-state index in [0.717, 1.165) is 135 Å². The van der Waals surface area contributed by atoms with Gasteiger partial charge in [-0.1, -0.05) is 6.08 Å². The van der Waals surface area contributed by atoms with Crippen LogP contribution in [0.3, 0.4) is 0 Å². The Balaban J connectivity index is 0.000000188. The Bertz CT molecular complexity index is 2790. The molecule has 2 N–H and O–H groups in total. The lowest BCUT2D eigenvalue weighted by Gasteiger charge is -2.33. The van der Waals surface area contributed by atoms with Crippen LogP contribution in [0.1, 0.15) is 94.8 Å². The Morgan fingerprint density at radius 3 is 1.75 bits per heavy atom.